The van der Waals surface area contributed by atoms with Gasteiger partial charge in [0.05, 0.1) is 17.3 Å². The second-order valence-electron chi connectivity index (χ2n) is 5.06. The molecule has 3 rings (SSSR count). The number of aromatic amines is 1. The Morgan fingerprint density at radius 1 is 1.19 bits per heavy atom. The van der Waals surface area contributed by atoms with Crippen molar-refractivity contribution >= 4 is 23.3 Å². The van der Waals surface area contributed by atoms with E-state index in [-0.39, 0.29) is 11.9 Å². The van der Waals surface area contributed by atoms with Crippen molar-refractivity contribution in [2.24, 2.45) is 0 Å². The molecule has 3 nitrogen and oxygen atoms in total. The Kier molecular flexibility index (Phi) is 3.51. The molecule has 0 fully saturated rings. The van der Waals surface area contributed by atoms with E-state index in [1.54, 1.807) is 10.6 Å². The predicted octanol–water partition coefficient (Wildman–Crippen LogP) is 4.61. The molecule has 0 saturated heterocycles. The van der Waals surface area contributed by atoms with Crippen molar-refractivity contribution in [1.82, 2.24) is 9.55 Å². The van der Waals surface area contributed by atoms with E-state index in [0.29, 0.717) is 10.5 Å². The van der Waals surface area contributed by atoms with Crippen LogP contribution in [0.3, 0.4) is 0 Å². The number of benzene rings is 2. The van der Waals surface area contributed by atoms with Crippen LogP contribution in [0.25, 0.3) is 16.7 Å². The van der Waals surface area contributed by atoms with E-state index in [1.807, 2.05) is 38.1 Å². The average Bonchev–Trinajstić information content (AvgIpc) is 2.75. The summed E-state index contributed by atoms with van der Waals surface area (Å²) >= 11 is 5.38. The third-order valence-electron chi connectivity index (χ3n) is 3.11. The number of H-pyrrole nitrogens is 1. The van der Waals surface area contributed by atoms with E-state index in [0.717, 1.165) is 16.8 Å². The summed E-state index contributed by atoms with van der Waals surface area (Å²) < 4.78 is 21.6. The van der Waals surface area contributed by atoms with Crippen LogP contribution in [0.5, 0.6) is 5.75 Å². The van der Waals surface area contributed by atoms with Gasteiger partial charge in [-0.15, -0.1) is 0 Å². The lowest BCUT2D eigenvalue weighted by atomic mass is 10.2. The summed E-state index contributed by atoms with van der Waals surface area (Å²) in [6, 6.07) is 12.1. The molecular weight excluding hydrogens is 287 g/mol. The van der Waals surface area contributed by atoms with Crippen LogP contribution < -0.4 is 4.74 Å². The van der Waals surface area contributed by atoms with Gasteiger partial charge in [-0.25, -0.2) is 4.39 Å². The number of halogens is 1. The first-order valence-corrected chi connectivity index (χ1v) is 7.13. The van der Waals surface area contributed by atoms with Crippen molar-refractivity contribution in [3.05, 3.63) is 53.1 Å². The standard InChI is InChI=1S/C16H15FN2OS/c1-10(2)20-14-8-4-7-13-15(14)18-16(21)19(13)12-6-3-5-11(17)9-12/h3-10H,1-2H3,(H,18,21). The molecule has 1 aromatic heterocycles. The Morgan fingerprint density at radius 2 is 1.95 bits per heavy atom. The summed E-state index contributed by atoms with van der Waals surface area (Å²) in [5.74, 6) is 0.446. The number of fused-ring (bicyclic) bond motifs is 1. The summed E-state index contributed by atoms with van der Waals surface area (Å²) in [5, 5.41) is 0. The highest BCUT2D eigenvalue weighted by Crippen LogP contribution is 2.28. The molecule has 0 aliphatic rings. The third kappa shape index (κ3) is 2.56. The molecule has 0 spiro atoms. The van der Waals surface area contributed by atoms with Crippen LogP contribution in [0.1, 0.15) is 13.8 Å². The Bertz CT molecular complexity index is 851. The summed E-state index contributed by atoms with van der Waals surface area (Å²) in [6.45, 7) is 3.94. The highest BCUT2D eigenvalue weighted by Gasteiger charge is 2.11. The highest BCUT2D eigenvalue weighted by molar-refractivity contribution is 7.71. The van der Waals surface area contributed by atoms with Gasteiger partial charge in [0.1, 0.15) is 17.1 Å². The van der Waals surface area contributed by atoms with E-state index in [9.17, 15) is 4.39 Å². The largest absolute Gasteiger partial charge is 0.489 e. The molecule has 0 unspecified atom stereocenters. The van der Waals surface area contributed by atoms with Crippen molar-refractivity contribution in [3.8, 4) is 11.4 Å². The number of hydrogen-bond donors (Lipinski definition) is 1. The highest BCUT2D eigenvalue weighted by atomic mass is 32.1. The van der Waals surface area contributed by atoms with E-state index in [2.05, 4.69) is 4.98 Å². The van der Waals surface area contributed by atoms with Gasteiger partial charge in [-0.2, -0.15) is 0 Å². The third-order valence-corrected chi connectivity index (χ3v) is 3.39. The summed E-state index contributed by atoms with van der Waals surface area (Å²) in [7, 11) is 0. The molecule has 0 aliphatic heterocycles. The molecule has 0 atom stereocenters. The average molecular weight is 302 g/mol. The minimum atomic E-state index is -0.293. The number of aromatic nitrogens is 2. The van der Waals surface area contributed by atoms with E-state index < -0.39 is 0 Å². The maximum Gasteiger partial charge on any atom is 0.182 e. The molecule has 0 radical (unpaired) electrons. The maximum absolute atomic E-state index is 13.5. The number of para-hydroxylation sites is 1. The SMILES string of the molecule is CC(C)Oc1cccc2c1[nH]c(=S)n2-c1cccc(F)c1. The fourth-order valence-corrected chi connectivity index (χ4v) is 2.63. The quantitative estimate of drug-likeness (QED) is 0.716. The molecule has 0 amide bonds. The molecule has 21 heavy (non-hydrogen) atoms. The second kappa shape index (κ2) is 5.33. The molecule has 3 aromatic rings. The summed E-state index contributed by atoms with van der Waals surface area (Å²) in [6.07, 6.45) is 0.0649. The molecule has 0 bridgehead atoms. The maximum atomic E-state index is 13.5. The lowest BCUT2D eigenvalue weighted by Gasteiger charge is -2.10. The van der Waals surface area contributed by atoms with Gasteiger partial charge in [-0.05, 0) is 56.4 Å². The number of nitrogens with zero attached hydrogens (tertiary/aromatic N) is 1. The Hall–Kier alpha value is -2.14. The number of ether oxygens (including phenoxy) is 1. The first-order chi connectivity index (χ1) is 10.1. The predicted molar refractivity (Wildman–Crippen MR) is 84.2 cm³/mol. The van der Waals surface area contributed by atoms with Crippen molar-refractivity contribution < 1.29 is 9.13 Å². The summed E-state index contributed by atoms with van der Waals surface area (Å²) in [5.41, 5.74) is 2.37. The van der Waals surface area contributed by atoms with Crippen LogP contribution in [0.15, 0.2) is 42.5 Å². The molecule has 1 heterocycles. The van der Waals surface area contributed by atoms with Gasteiger partial charge in [-0.3, -0.25) is 4.57 Å². The minimum absolute atomic E-state index is 0.0649. The zero-order valence-corrected chi connectivity index (χ0v) is 12.6. The zero-order valence-electron chi connectivity index (χ0n) is 11.8. The van der Waals surface area contributed by atoms with E-state index in [1.165, 1.54) is 12.1 Å². The van der Waals surface area contributed by atoms with Crippen LogP contribution in [-0.4, -0.2) is 15.7 Å². The van der Waals surface area contributed by atoms with Crippen molar-refractivity contribution in [2.45, 2.75) is 20.0 Å². The molecule has 108 valence electrons. The first kappa shape index (κ1) is 13.8. The number of nitrogens with one attached hydrogen (secondary N) is 1. The molecule has 1 N–H and O–H groups in total. The molecule has 0 aliphatic carbocycles. The first-order valence-electron chi connectivity index (χ1n) is 6.72. The smallest absolute Gasteiger partial charge is 0.182 e. The topological polar surface area (TPSA) is 29.9 Å². The van der Waals surface area contributed by atoms with Gasteiger partial charge >= 0.3 is 0 Å². The van der Waals surface area contributed by atoms with E-state index >= 15 is 0 Å². The van der Waals surface area contributed by atoms with Crippen LogP contribution in [0.2, 0.25) is 0 Å². The van der Waals surface area contributed by atoms with Crippen LogP contribution >= 0.6 is 12.2 Å². The lowest BCUT2D eigenvalue weighted by molar-refractivity contribution is 0.245. The fraction of sp³-hybridized carbons (Fsp3) is 0.188. The van der Waals surface area contributed by atoms with Gasteiger partial charge in [0.25, 0.3) is 0 Å². The van der Waals surface area contributed by atoms with Crippen molar-refractivity contribution in [1.29, 1.82) is 0 Å². The van der Waals surface area contributed by atoms with Gasteiger partial charge in [0.2, 0.25) is 0 Å². The Morgan fingerprint density at radius 3 is 2.67 bits per heavy atom. The van der Waals surface area contributed by atoms with Crippen molar-refractivity contribution in [3.63, 3.8) is 0 Å². The van der Waals surface area contributed by atoms with Crippen molar-refractivity contribution in [2.75, 3.05) is 0 Å². The van der Waals surface area contributed by atoms with Gasteiger partial charge < -0.3 is 9.72 Å². The normalized spacial score (nSPS) is 11.2. The number of hydrogen-bond acceptors (Lipinski definition) is 2. The Labute approximate surface area is 127 Å². The van der Waals surface area contributed by atoms with Gasteiger partial charge in [0, 0.05) is 0 Å². The number of rotatable bonds is 3. The monoisotopic (exact) mass is 302 g/mol. The second-order valence-corrected chi connectivity index (χ2v) is 5.45. The summed E-state index contributed by atoms with van der Waals surface area (Å²) in [4.78, 5) is 3.15. The lowest BCUT2D eigenvalue weighted by Crippen LogP contribution is -2.05. The van der Waals surface area contributed by atoms with E-state index in [4.69, 9.17) is 17.0 Å². The van der Waals surface area contributed by atoms with Crippen LogP contribution in [-0.2, 0) is 0 Å². The number of imidazole rings is 1. The fourth-order valence-electron chi connectivity index (χ4n) is 2.33. The van der Waals surface area contributed by atoms with Gasteiger partial charge in [0.15, 0.2) is 4.77 Å². The molecule has 0 saturated carbocycles. The molecule has 5 heteroatoms. The minimum Gasteiger partial charge on any atom is -0.489 e. The van der Waals surface area contributed by atoms with Crippen LogP contribution in [0.4, 0.5) is 4.39 Å². The molecule has 2 aromatic carbocycles. The zero-order chi connectivity index (χ0) is 15.0. The Balaban J connectivity index is 2.25. The molecular formula is C16H15FN2OS. The van der Waals surface area contributed by atoms with Crippen LogP contribution in [0, 0.1) is 10.6 Å². The van der Waals surface area contributed by atoms with Gasteiger partial charge in [-0.1, -0.05) is 12.1 Å².